The molecule has 2 aromatic carbocycles. The van der Waals surface area contributed by atoms with Crippen LogP contribution in [0.1, 0.15) is 30.6 Å². The lowest BCUT2D eigenvalue weighted by Crippen LogP contribution is -2.44. The predicted octanol–water partition coefficient (Wildman–Crippen LogP) is 3.17. The van der Waals surface area contributed by atoms with Gasteiger partial charge in [0.25, 0.3) is 15.9 Å². The lowest BCUT2D eigenvalue weighted by molar-refractivity contribution is -0.137. The van der Waals surface area contributed by atoms with Gasteiger partial charge in [-0.05, 0) is 54.7 Å². The second-order valence-corrected chi connectivity index (χ2v) is 10.1. The average molecular weight is 445 g/mol. The topological polar surface area (TPSA) is 84.0 Å². The molecule has 7 nitrogen and oxygen atoms in total. The third kappa shape index (κ3) is 5.44. The molecule has 1 aliphatic rings. The number of rotatable bonds is 6. The molecule has 0 aliphatic carbocycles. The van der Waals surface area contributed by atoms with Crippen molar-refractivity contribution >= 4 is 27.6 Å². The maximum absolute atomic E-state index is 12.8. The molecule has 31 heavy (non-hydrogen) atoms. The third-order valence-electron chi connectivity index (χ3n) is 5.42. The molecule has 166 valence electrons. The highest BCUT2D eigenvalue weighted by molar-refractivity contribution is 7.92. The van der Waals surface area contributed by atoms with Gasteiger partial charge in [-0.15, -0.1) is 0 Å². The van der Waals surface area contributed by atoms with Gasteiger partial charge in [-0.2, -0.15) is 0 Å². The number of carbonyl (C=O) groups is 2. The first-order valence-corrected chi connectivity index (χ1v) is 11.7. The van der Waals surface area contributed by atoms with E-state index in [4.69, 9.17) is 4.74 Å². The third-order valence-corrected chi connectivity index (χ3v) is 7.22. The van der Waals surface area contributed by atoms with E-state index in [0.29, 0.717) is 30.6 Å². The molecule has 1 heterocycles. The standard InChI is InChI=1S/C23H28N2O5S/c1-17-13-18(2)15-25(14-17)22(26)16-30-23(27)19-9-11-21(12-10-19)31(28,29)24(3)20-7-5-4-6-8-20/h4-12,17-18H,13-16H2,1-3H3/t17-,18-/m0/s1. The van der Waals surface area contributed by atoms with Crippen molar-refractivity contribution in [1.82, 2.24) is 4.90 Å². The van der Waals surface area contributed by atoms with E-state index in [1.165, 1.54) is 35.6 Å². The molecule has 1 fully saturated rings. The maximum Gasteiger partial charge on any atom is 0.338 e. The summed E-state index contributed by atoms with van der Waals surface area (Å²) in [4.78, 5) is 26.5. The van der Waals surface area contributed by atoms with Crippen molar-refractivity contribution in [2.45, 2.75) is 25.2 Å². The molecule has 1 saturated heterocycles. The van der Waals surface area contributed by atoms with E-state index in [1.807, 2.05) is 6.07 Å². The van der Waals surface area contributed by atoms with Crippen LogP contribution >= 0.6 is 0 Å². The van der Waals surface area contributed by atoms with Crippen LogP contribution in [-0.2, 0) is 19.6 Å². The molecule has 0 saturated carbocycles. The van der Waals surface area contributed by atoms with Gasteiger partial charge in [0.05, 0.1) is 16.1 Å². The van der Waals surface area contributed by atoms with Gasteiger partial charge in [0, 0.05) is 20.1 Å². The fraction of sp³-hybridized carbons (Fsp3) is 0.391. The van der Waals surface area contributed by atoms with E-state index in [2.05, 4.69) is 13.8 Å². The average Bonchev–Trinajstić information content (AvgIpc) is 2.76. The molecular weight excluding hydrogens is 416 g/mol. The fourth-order valence-corrected chi connectivity index (χ4v) is 5.06. The second-order valence-electron chi connectivity index (χ2n) is 8.15. The summed E-state index contributed by atoms with van der Waals surface area (Å²) in [5.41, 5.74) is 0.723. The molecule has 0 unspecified atom stereocenters. The molecule has 0 aromatic heterocycles. The molecule has 2 atom stereocenters. The molecule has 0 radical (unpaired) electrons. The predicted molar refractivity (Wildman–Crippen MR) is 118 cm³/mol. The van der Waals surface area contributed by atoms with Crippen molar-refractivity contribution in [3.8, 4) is 0 Å². The zero-order valence-corrected chi connectivity index (χ0v) is 18.8. The van der Waals surface area contributed by atoms with Gasteiger partial charge >= 0.3 is 5.97 Å². The van der Waals surface area contributed by atoms with Crippen LogP contribution in [0.4, 0.5) is 5.69 Å². The van der Waals surface area contributed by atoms with Crippen molar-refractivity contribution in [3.05, 3.63) is 60.2 Å². The van der Waals surface area contributed by atoms with Gasteiger partial charge in [-0.3, -0.25) is 9.10 Å². The van der Waals surface area contributed by atoms with Gasteiger partial charge in [-0.1, -0.05) is 32.0 Å². The Morgan fingerprint density at radius 3 is 2.16 bits per heavy atom. The lowest BCUT2D eigenvalue weighted by Gasteiger charge is -2.34. The first kappa shape index (κ1) is 22.8. The van der Waals surface area contributed by atoms with Crippen molar-refractivity contribution in [2.24, 2.45) is 11.8 Å². The molecule has 8 heteroatoms. The van der Waals surface area contributed by atoms with Crippen LogP contribution in [0.15, 0.2) is 59.5 Å². The number of nitrogens with zero attached hydrogens (tertiary/aromatic N) is 2. The maximum atomic E-state index is 12.8. The van der Waals surface area contributed by atoms with Gasteiger partial charge in [0.15, 0.2) is 6.61 Å². The van der Waals surface area contributed by atoms with E-state index in [0.717, 1.165) is 6.42 Å². The van der Waals surface area contributed by atoms with Gasteiger partial charge in [-0.25, -0.2) is 13.2 Å². The summed E-state index contributed by atoms with van der Waals surface area (Å²) in [5, 5.41) is 0. The number of benzene rings is 2. The lowest BCUT2D eigenvalue weighted by atomic mass is 9.92. The summed E-state index contributed by atoms with van der Waals surface area (Å²) in [6.07, 6.45) is 1.08. The normalized spacial score (nSPS) is 19.0. The van der Waals surface area contributed by atoms with Gasteiger partial charge in [0.2, 0.25) is 0 Å². The fourth-order valence-electron chi connectivity index (χ4n) is 3.87. The van der Waals surface area contributed by atoms with E-state index in [-0.39, 0.29) is 23.0 Å². The minimum absolute atomic E-state index is 0.0581. The number of hydrogen-bond donors (Lipinski definition) is 0. The van der Waals surface area contributed by atoms with Crippen molar-refractivity contribution < 1.29 is 22.7 Å². The largest absolute Gasteiger partial charge is 0.452 e. The first-order chi connectivity index (χ1) is 14.7. The van der Waals surface area contributed by atoms with Crippen molar-refractivity contribution in [2.75, 3.05) is 31.0 Å². The molecule has 1 aliphatic heterocycles. The molecule has 0 bridgehead atoms. The molecular formula is C23H28N2O5S. The number of para-hydroxylation sites is 1. The highest BCUT2D eigenvalue weighted by Gasteiger charge is 2.26. The zero-order valence-electron chi connectivity index (χ0n) is 18.0. The van der Waals surface area contributed by atoms with Crippen LogP contribution in [0.2, 0.25) is 0 Å². The Morgan fingerprint density at radius 1 is 1.00 bits per heavy atom. The summed E-state index contributed by atoms with van der Waals surface area (Å²) in [5.74, 6) is -0.0268. The number of likely N-dealkylation sites (tertiary alicyclic amines) is 1. The SMILES string of the molecule is C[C@H]1C[C@H](C)CN(C(=O)COC(=O)c2ccc(S(=O)(=O)N(C)c3ccccc3)cc2)C1. The Kier molecular flexibility index (Phi) is 7.00. The molecule has 0 N–H and O–H groups in total. The number of sulfonamides is 1. The van der Waals surface area contributed by atoms with Gasteiger partial charge in [0.1, 0.15) is 0 Å². The second kappa shape index (κ2) is 9.51. The van der Waals surface area contributed by atoms with E-state index in [9.17, 15) is 18.0 Å². The van der Waals surface area contributed by atoms with Crippen LogP contribution in [0, 0.1) is 11.8 Å². The Bertz CT molecular complexity index is 1010. The monoisotopic (exact) mass is 444 g/mol. The molecule has 0 spiro atoms. The van der Waals surface area contributed by atoms with E-state index in [1.54, 1.807) is 29.2 Å². The number of amides is 1. The number of esters is 1. The molecule has 1 amide bonds. The van der Waals surface area contributed by atoms with Crippen LogP contribution in [-0.4, -0.2) is 51.9 Å². The number of carbonyl (C=O) groups excluding carboxylic acids is 2. The Balaban J connectivity index is 1.62. The number of piperidine rings is 1. The van der Waals surface area contributed by atoms with E-state index < -0.39 is 16.0 Å². The molecule has 3 rings (SSSR count). The summed E-state index contributed by atoms with van der Waals surface area (Å²) >= 11 is 0. The number of anilines is 1. The van der Waals surface area contributed by atoms with Crippen LogP contribution in [0.25, 0.3) is 0 Å². The van der Waals surface area contributed by atoms with Crippen molar-refractivity contribution in [1.29, 1.82) is 0 Å². The zero-order chi connectivity index (χ0) is 22.6. The highest BCUT2D eigenvalue weighted by Crippen LogP contribution is 2.23. The van der Waals surface area contributed by atoms with Crippen LogP contribution < -0.4 is 4.31 Å². The Hall–Kier alpha value is -2.87. The molecule has 2 aromatic rings. The summed E-state index contributed by atoms with van der Waals surface area (Å²) in [7, 11) is -2.29. The van der Waals surface area contributed by atoms with Gasteiger partial charge < -0.3 is 9.64 Å². The highest BCUT2D eigenvalue weighted by atomic mass is 32.2. The Morgan fingerprint density at radius 2 is 1.58 bits per heavy atom. The quantitative estimate of drug-likeness (QED) is 0.639. The van der Waals surface area contributed by atoms with Crippen LogP contribution in [0.3, 0.4) is 0 Å². The number of hydrogen-bond acceptors (Lipinski definition) is 5. The first-order valence-electron chi connectivity index (χ1n) is 10.3. The summed E-state index contributed by atoms with van der Waals surface area (Å²) < 4.78 is 32.0. The van der Waals surface area contributed by atoms with Crippen molar-refractivity contribution in [3.63, 3.8) is 0 Å². The Labute approximate surface area is 183 Å². The minimum Gasteiger partial charge on any atom is -0.452 e. The summed E-state index contributed by atoms with van der Waals surface area (Å²) in [6, 6.07) is 14.2. The van der Waals surface area contributed by atoms with E-state index >= 15 is 0 Å². The number of ether oxygens (including phenoxy) is 1. The van der Waals surface area contributed by atoms with Crippen LogP contribution in [0.5, 0.6) is 0 Å². The smallest absolute Gasteiger partial charge is 0.338 e. The minimum atomic E-state index is -3.76. The summed E-state index contributed by atoms with van der Waals surface area (Å²) in [6.45, 7) is 5.22.